The van der Waals surface area contributed by atoms with E-state index in [-0.39, 0.29) is 30.6 Å². The molecule has 1 N–H and O–H groups in total. The Balaban J connectivity index is 2.92. The molecule has 1 aromatic carbocycles. The highest BCUT2D eigenvalue weighted by atomic mass is 31.2. The summed E-state index contributed by atoms with van der Waals surface area (Å²) in [5.41, 5.74) is 0.544. The molecule has 33 heavy (non-hydrogen) atoms. The Hall–Kier alpha value is -2.88. The molecule has 2 atom stereocenters. The van der Waals surface area contributed by atoms with Crippen LogP contribution in [0.2, 0.25) is 0 Å². The molecule has 0 aliphatic rings. The van der Waals surface area contributed by atoms with E-state index in [0.717, 1.165) is 12.2 Å². The second-order valence-electron chi connectivity index (χ2n) is 6.97. The van der Waals surface area contributed by atoms with Gasteiger partial charge in [0, 0.05) is 19.3 Å². The maximum atomic E-state index is 13.3. The molecule has 1 unspecified atom stereocenters. The third-order valence-corrected chi connectivity index (χ3v) is 5.68. The quantitative estimate of drug-likeness (QED) is 0.190. The summed E-state index contributed by atoms with van der Waals surface area (Å²) in [6.45, 7) is 4.79. The summed E-state index contributed by atoms with van der Waals surface area (Å²) in [4.78, 5) is 34.8. The van der Waals surface area contributed by atoms with Crippen molar-refractivity contribution in [2.75, 3.05) is 27.7 Å². The third kappa shape index (κ3) is 10.1. The highest BCUT2D eigenvalue weighted by Gasteiger charge is 2.31. The minimum atomic E-state index is -3.69. The average molecular weight is 487 g/mol. The molecule has 0 aliphatic heterocycles. The van der Waals surface area contributed by atoms with Crippen LogP contribution in [0.1, 0.15) is 26.3 Å². The third-order valence-electron chi connectivity index (χ3n) is 3.81. The minimum Gasteiger partial charge on any atom is -0.493 e. The number of ether oxygens (including phenoxy) is 5. The van der Waals surface area contributed by atoms with Crippen LogP contribution in [0.4, 0.5) is 0 Å². The SMILES string of the molecule is COCP(=O)(N[C@@H](C)C(=O)OC(C)C)Oc1ccc(COC(=O)/C=C/C(=O)OC)cc1OC. The van der Waals surface area contributed by atoms with Crippen LogP contribution < -0.4 is 14.3 Å². The molecule has 0 heterocycles. The number of benzene rings is 1. The molecule has 12 heteroatoms. The summed E-state index contributed by atoms with van der Waals surface area (Å²) < 4.78 is 43.8. The first-order chi connectivity index (χ1) is 15.5. The molecule has 0 aromatic heterocycles. The number of hydrogen-bond acceptors (Lipinski definition) is 10. The fraction of sp³-hybridized carbons (Fsp3) is 0.476. The van der Waals surface area contributed by atoms with Gasteiger partial charge in [-0.1, -0.05) is 6.07 Å². The van der Waals surface area contributed by atoms with Crippen LogP contribution in [0.15, 0.2) is 30.4 Å². The van der Waals surface area contributed by atoms with Crippen LogP contribution in [-0.2, 0) is 44.5 Å². The van der Waals surface area contributed by atoms with Crippen molar-refractivity contribution in [3.05, 3.63) is 35.9 Å². The van der Waals surface area contributed by atoms with E-state index in [1.165, 1.54) is 40.4 Å². The molecular weight excluding hydrogens is 457 g/mol. The van der Waals surface area contributed by atoms with Crippen molar-refractivity contribution >= 4 is 25.4 Å². The lowest BCUT2D eigenvalue weighted by Gasteiger charge is -2.24. The summed E-state index contributed by atoms with van der Waals surface area (Å²) in [7, 11) is 0.222. The first kappa shape index (κ1) is 28.2. The van der Waals surface area contributed by atoms with Gasteiger partial charge in [-0.05, 0) is 38.5 Å². The van der Waals surface area contributed by atoms with Gasteiger partial charge < -0.3 is 28.2 Å². The molecule has 0 saturated heterocycles. The Kier molecular flexibility index (Phi) is 11.6. The monoisotopic (exact) mass is 487 g/mol. The summed E-state index contributed by atoms with van der Waals surface area (Å²) in [6, 6.07) is 3.66. The lowest BCUT2D eigenvalue weighted by molar-refractivity contribution is -0.149. The Labute approximate surface area is 192 Å². The Bertz CT molecular complexity index is 899. The van der Waals surface area contributed by atoms with Gasteiger partial charge in [0.1, 0.15) is 19.0 Å². The van der Waals surface area contributed by atoms with Crippen LogP contribution in [0.25, 0.3) is 0 Å². The van der Waals surface area contributed by atoms with Gasteiger partial charge in [-0.3, -0.25) is 9.36 Å². The van der Waals surface area contributed by atoms with E-state index in [2.05, 4.69) is 9.82 Å². The van der Waals surface area contributed by atoms with Crippen molar-refractivity contribution in [2.45, 2.75) is 39.5 Å². The lowest BCUT2D eigenvalue weighted by atomic mass is 10.2. The van der Waals surface area contributed by atoms with E-state index in [1.807, 2.05) is 0 Å². The Morgan fingerprint density at radius 1 is 1.03 bits per heavy atom. The summed E-state index contributed by atoms with van der Waals surface area (Å²) in [6.07, 6.45) is 1.24. The van der Waals surface area contributed by atoms with Crippen LogP contribution in [0.5, 0.6) is 11.5 Å². The molecule has 0 radical (unpaired) electrons. The molecule has 11 nitrogen and oxygen atoms in total. The highest BCUT2D eigenvalue weighted by Crippen LogP contribution is 2.46. The zero-order valence-corrected chi connectivity index (χ0v) is 20.4. The predicted octanol–water partition coefficient (Wildman–Crippen LogP) is 2.57. The average Bonchev–Trinajstić information content (AvgIpc) is 2.76. The van der Waals surface area contributed by atoms with E-state index in [1.54, 1.807) is 19.9 Å². The van der Waals surface area contributed by atoms with Crippen molar-refractivity contribution in [2.24, 2.45) is 0 Å². The van der Waals surface area contributed by atoms with Crippen LogP contribution in [-0.4, -0.2) is 57.7 Å². The number of esters is 3. The number of methoxy groups -OCH3 is 3. The first-order valence-electron chi connectivity index (χ1n) is 9.89. The lowest BCUT2D eigenvalue weighted by Crippen LogP contribution is -2.36. The predicted molar refractivity (Wildman–Crippen MR) is 118 cm³/mol. The van der Waals surface area contributed by atoms with Crippen LogP contribution in [0.3, 0.4) is 0 Å². The fourth-order valence-electron chi connectivity index (χ4n) is 2.38. The highest BCUT2D eigenvalue weighted by molar-refractivity contribution is 7.57. The van der Waals surface area contributed by atoms with Gasteiger partial charge in [0.05, 0.1) is 20.3 Å². The molecule has 0 saturated carbocycles. The summed E-state index contributed by atoms with van der Waals surface area (Å²) in [5, 5.41) is 2.65. The van der Waals surface area contributed by atoms with Gasteiger partial charge >= 0.3 is 25.4 Å². The molecule has 0 amide bonds. The number of carbonyl (C=O) groups is 3. The van der Waals surface area contributed by atoms with E-state index in [4.69, 9.17) is 23.5 Å². The molecule has 0 aliphatic carbocycles. The second-order valence-corrected chi connectivity index (χ2v) is 9.01. The summed E-state index contributed by atoms with van der Waals surface area (Å²) >= 11 is 0. The molecule has 1 rings (SSSR count). The number of carbonyl (C=O) groups excluding carboxylic acids is 3. The Morgan fingerprint density at radius 3 is 2.27 bits per heavy atom. The molecule has 1 aromatic rings. The number of rotatable bonds is 13. The minimum absolute atomic E-state index is 0.118. The number of hydrogen-bond donors (Lipinski definition) is 1. The second kappa shape index (κ2) is 13.6. The normalized spacial score (nSPS) is 13.8. The molecule has 0 spiro atoms. The maximum Gasteiger partial charge on any atom is 0.342 e. The standard InChI is InChI=1S/C21H30NO10P/c1-14(2)31-21(25)15(3)22-33(26,13-27-4)32-17-8-7-16(11-18(17)28-5)12-30-20(24)10-9-19(23)29-6/h7-11,14-15H,12-13H2,1-6H3,(H,22,26)/b10-9+/t15-,33?/m0/s1. The molecule has 0 fully saturated rings. The van der Waals surface area contributed by atoms with Gasteiger partial charge in [-0.15, -0.1) is 0 Å². The molecule has 0 bridgehead atoms. The maximum absolute atomic E-state index is 13.3. The van der Waals surface area contributed by atoms with E-state index in [9.17, 15) is 18.9 Å². The van der Waals surface area contributed by atoms with Gasteiger partial charge in [0.15, 0.2) is 11.5 Å². The van der Waals surface area contributed by atoms with Crippen molar-refractivity contribution in [1.29, 1.82) is 0 Å². The van der Waals surface area contributed by atoms with Crippen molar-refractivity contribution < 1.29 is 47.2 Å². The topological polar surface area (TPSA) is 136 Å². The summed E-state index contributed by atoms with van der Waals surface area (Å²) in [5.74, 6) is -1.68. The van der Waals surface area contributed by atoms with Gasteiger partial charge in [-0.2, -0.15) is 0 Å². The Morgan fingerprint density at radius 2 is 1.70 bits per heavy atom. The van der Waals surface area contributed by atoms with E-state index in [0.29, 0.717) is 5.56 Å². The van der Waals surface area contributed by atoms with Gasteiger partial charge in [-0.25, -0.2) is 14.7 Å². The van der Waals surface area contributed by atoms with Crippen molar-refractivity contribution in [3.63, 3.8) is 0 Å². The van der Waals surface area contributed by atoms with Crippen LogP contribution in [0, 0.1) is 0 Å². The molecular formula is C21H30NO10P. The van der Waals surface area contributed by atoms with Crippen molar-refractivity contribution in [1.82, 2.24) is 5.09 Å². The van der Waals surface area contributed by atoms with E-state index < -0.39 is 31.5 Å². The first-order valence-corrected chi connectivity index (χ1v) is 11.7. The van der Waals surface area contributed by atoms with Gasteiger partial charge in [0.25, 0.3) is 0 Å². The fourth-order valence-corrected chi connectivity index (χ4v) is 4.07. The zero-order valence-electron chi connectivity index (χ0n) is 19.5. The van der Waals surface area contributed by atoms with Crippen molar-refractivity contribution in [3.8, 4) is 11.5 Å². The van der Waals surface area contributed by atoms with Crippen LogP contribution >= 0.6 is 7.52 Å². The molecule has 184 valence electrons. The zero-order chi connectivity index (χ0) is 25.0. The number of nitrogens with one attached hydrogen (secondary N) is 1. The smallest absolute Gasteiger partial charge is 0.342 e. The largest absolute Gasteiger partial charge is 0.493 e. The van der Waals surface area contributed by atoms with Gasteiger partial charge in [0.2, 0.25) is 0 Å². The van der Waals surface area contributed by atoms with E-state index >= 15 is 0 Å².